The van der Waals surface area contributed by atoms with Crippen molar-refractivity contribution in [1.82, 2.24) is 4.98 Å². The first-order valence-corrected chi connectivity index (χ1v) is 5.50. The zero-order valence-corrected chi connectivity index (χ0v) is 10.7. The Balaban J connectivity index is 0. The van der Waals surface area contributed by atoms with Crippen LogP contribution in [0.25, 0.3) is 12.2 Å². The summed E-state index contributed by atoms with van der Waals surface area (Å²) in [6, 6.07) is 3.95. The number of aryl methyl sites for hydroxylation is 1. The molecule has 1 heterocycles. The molecule has 84 valence electrons. The van der Waals surface area contributed by atoms with E-state index >= 15 is 0 Å². The highest BCUT2D eigenvalue weighted by atomic mass is 14.7. The average molecular weight is 205 g/mol. The van der Waals surface area contributed by atoms with Gasteiger partial charge in [0.2, 0.25) is 0 Å². The van der Waals surface area contributed by atoms with Crippen molar-refractivity contribution in [2.24, 2.45) is 0 Å². The van der Waals surface area contributed by atoms with Crippen LogP contribution in [0.1, 0.15) is 44.6 Å². The van der Waals surface area contributed by atoms with Gasteiger partial charge in [-0.2, -0.15) is 0 Å². The lowest BCUT2D eigenvalue weighted by atomic mass is 10.2. The number of aromatic nitrogens is 1. The van der Waals surface area contributed by atoms with Crippen LogP contribution in [0.2, 0.25) is 0 Å². The van der Waals surface area contributed by atoms with Crippen LogP contribution in [0.3, 0.4) is 0 Å². The van der Waals surface area contributed by atoms with Crippen LogP contribution in [0, 0.1) is 6.92 Å². The molecule has 0 spiro atoms. The van der Waals surface area contributed by atoms with E-state index < -0.39 is 0 Å². The maximum Gasteiger partial charge on any atom is 0.0699 e. The molecule has 0 aliphatic heterocycles. The van der Waals surface area contributed by atoms with Gasteiger partial charge in [-0.15, -0.1) is 0 Å². The van der Waals surface area contributed by atoms with Gasteiger partial charge in [0.15, 0.2) is 0 Å². The molecule has 0 fully saturated rings. The minimum absolute atomic E-state index is 0.903. The van der Waals surface area contributed by atoms with Crippen LogP contribution in [0.5, 0.6) is 0 Å². The van der Waals surface area contributed by atoms with Crippen LogP contribution in [-0.4, -0.2) is 4.98 Å². The molecule has 15 heavy (non-hydrogen) atoms. The summed E-state index contributed by atoms with van der Waals surface area (Å²) in [5.74, 6) is 0. The summed E-state index contributed by atoms with van der Waals surface area (Å²) < 4.78 is 0. The Kier molecular flexibility index (Phi) is 11.5. The Bertz CT molecular complexity index is 287. The molecule has 0 aliphatic rings. The molecular weight excluding hydrogens is 182 g/mol. The Hall–Kier alpha value is -1.37. The van der Waals surface area contributed by atoms with Crippen molar-refractivity contribution in [3.05, 3.63) is 42.2 Å². The average Bonchev–Trinajstić information content (AvgIpc) is 2.34. The lowest BCUT2D eigenvalue weighted by Crippen LogP contribution is -1.88. The molecule has 1 aromatic heterocycles. The van der Waals surface area contributed by atoms with Crippen molar-refractivity contribution in [2.75, 3.05) is 0 Å². The van der Waals surface area contributed by atoms with Gasteiger partial charge in [-0.05, 0) is 24.6 Å². The third-order valence-corrected chi connectivity index (χ3v) is 1.51. The van der Waals surface area contributed by atoms with Crippen molar-refractivity contribution in [1.29, 1.82) is 0 Å². The van der Waals surface area contributed by atoms with E-state index in [0.717, 1.165) is 17.0 Å². The fourth-order valence-electron chi connectivity index (χ4n) is 0.924. The SMILES string of the molecule is C=Cc1ccc(C)nc1C=C.CC.CC. The Labute approximate surface area is 94.6 Å². The first-order chi connectivity index (χ1) is 7.27. The van der Waals surface area contributed by atoms with Crippen LogP contribution in [0.15, 0.2) is 25.3 Å². The lowest BCUT2D eigenvalue weighted by molar-refractivity contribution is 1.17. The van der Waals surface area contributed by atoms with E-state index in [1.165, 1.54) is 0 Å². The second kappa shape index (κ2) is 10.7. The number of nitrogens with zero attached hydrogens (tertiary/aromatic N) is 1. The molecule has 0 radical (unpaired) electrons. The zero-order valence-electron chi connectivity index (χ0n) is 10.7. The van der Waals surface area contributed by atoms with E-state index in [9.17, 15) is 0 Å². The van der Waals surface area contributed by atoms with E-state index in [1.807, 2.05) is 46.8 Å². The number of rotatable bonds is 2. The molecule has 0 bridgehead atoms. The molecule has 0 atom stereocenters. The monoisotopic (exact) mass is 205 g/mol. The van der Waals surface area contributed by atoms with Crippen molar-refractivity contribution in [3.63, 3.8) is 0 Å². The maximum absolute atomic E-state index is 4.27. The molecule has 0 N–H and O–H groups in total. The van der Waals surface area contributed by atoms with Crippen LogP contribution in [0.4, 0.5) is 0 Å². The lowest BCUT2D eigenvalue weighted by Gasteiger charge is -1.99. The molecule has 0 saturated heterocycles. The minimum atomic E-state index is 0.903. The van der Waals surface area contributed by atoms with Gasteiger partial charge < -0.3 is 0 Å². The molecule has 0 aromatic carbocycles. The third kappa shape index (κ3) is 5.84. The van der Waals surface area contributed by atoms with E-state index in [4.69, 9.17) is 0 Å². The van der Waals surface area contributed by atoms with Crippen molar-refractivity contribution in [3.8, 4) is 0 Å². The number of hydrogen-bond donors (Lipinski definition) is 0. The van der Waals surface area contributed by atoms with Crippen molar-refractivity contribution < 1.29 is 0 Å². The van der Waals surface area contributed by atoms with E-state index in [0.29, 0.717) is 0 Å². The smallest absolute Gasteiger partial charge is 0.0699 e. The van der Waals surface area contributed by atoms with Gasteiger partial charge in [0.05, 0.1) is 5.69 Å². The highest BCUT2D eigenvalue weighted by Crippen LogP contribution is 2.09. The largest absolute Gasteiger partial charge is 0.253 e. The summed E-state index contributed by atoms with van der Waals surface area (Å²) >= 11 is 0. The zero-order chi connectivity index (χ0) is 12.3. The third-order valence-electron chi connectivity index (χ3n) is 1.51. The normalized spacial score (nSPS) is 7.53. The van der Waals surface area contributed by atoms with E-state index in [2.05, 4.69) is 18.1 Å². The predicted molar refractivity (Wildman–Crippen MR) is 71.9 cm³/mol. The van der Waals surface area contributed by atoms with Crippen LogP contribution < -0.4 is 0 Å². The molecule has 1 nitrogen and oxygen atoms in total. The van der Waals surface area contributed by atoms with Gasteiger partial charge >= 0.3 is 0 Å². The Morgan fingerprint density at radius 1 is 1.00 bits per heavy atom. The first-order valence-electron chi connectivity index (χ1n) is 5.50. The molecule has 1 rings (SSSR count). The molecular formula is C14H23N. The number of hydrogen-bond acceptors (Lipinski definition) is 1. The Morgan fingerprint density at radius 3 is 1.93 bits per heavy atom. The standard InChI is InChI=1S/C10H11N.2C2H6/c1-4-9-7-6-8(3)11-10(9)5-2;2*1-2/h4-7H,1-2H2,3H3;2*1-2H3. The summed E-state index contributed by atoms with van der Waals surface area (Å²) in [7, 11) is 0. The molecule has 0 aliphatic carbocycles. The molecule has 1 heteroatoms. The van der Waals surface area contributed by atoms with Gasteiger partial charge in [0.1, 0.15) is 0 Å². The van der Waals surface area contributed by atoms with Crippen molar-refractivity contribution >= 4 is 12.2 Å². The summed E-state index contributed by atoms with van der Waals surface area (Å²) in [6.45, 7) is 17.3. The van der Waals surface area contributed by atoms with Gasteiger partial charge in [-0.3, -0.25) is 4.98 Å². The van der Waals surface area contributed by atoms with E-state index in [-0.39, 0.29) is 0 Å². The van der Waals surface area contributed by atoms with Crippen molar-refractivity contribution in [2.45, 2.75) is 34.6 Å². The Morgan fingerprint density at radius 2 is 1.53 bits per heavy atom. The van der Waals surface area contributed by atoms with Crippen LogP contribution >= 0.6 is 0 Å². The van der Waals surface area contributed by atoms with E-state index in [1.54, 1.807) is 12.2 Å². The fraction of sp³-hybridized carbons (Fsp3) is 0.357. The number of pyridine rings is 1. The van der Waals surface area contributed by atoms with Gasteiger partial charge in [-0.25, -0.2) is 0 Å². The predicted octanol–water partition coefficient (Wildman–Crippen LogP) is 4.73. The highest BCUT2D eigenvalue weighted by Gasteiger charge is 1.95. The molecule has 1 aromatic rings. The second-order valence-electron chi connectivity index (χ2n) is 2.34. The summed E-state index contributed by atoms with van der Waals surface area (Å²) in [4.78, 5) is 4.27. The van der Waals surface area contributed by atoms with Crippen LogP contribution in [-0.2, 0) is 0 Å². The molecule has 0 amide bonds. The van der Waals surface area contributed by atoms with Gasteiger partial charge in [0, 0.05) is 5.69 Å². The minimum Gasteiger partial charge on any atom is -0.253 e. The topological polar surface area (TPSA) is 12.9 Å². The highest BCUT2D eigenvalue weighted by molar-refractivity contribution is 5.60. The van der Waals surface area contributed by atoms with Gasteiger partial charge in [-0.1, -0.05) is 53.0 Å². The maximum atomic E-state index is 4.27. The molecule has 0 saturated carbocycles. The summed E-state index contributed by atoms with van der Waals surface area (Å²) in [5.41, 5.74) is 2.94. The summed E-state index contributed by atoms with van der Waals surface area (Å²) in [6.07, 6.45) is 3.52. The first kappa shape index (κ1) is 16.1. The fourth-order valence-corrected chi connectivity index (χ4v) is 0.924. The quantitative estimate of drug-likeness (QED) is 0.680. The van der Waals surface area contributed by atoms with Gasteiger partial charge in [0.25, 0.3) is 0 Å². The summed E-state index contributed by atoms with van der Waals surface area (Å²) in [5, 5.41) is 0. The molecule has 0 unspecified atom stereocenters. The second-order valence-corrected chi connectivity index (χ2v) is 2.34.